The van der Waals surface area contributed by atoms with Crippen LogP contribution in [0, 0.1) is 6.92 Å². The lowest BCUT2D eigenvalue weighted by molar-refractivity contribution is 0.0933. The topological polar surface area (TPSA) is 38.3 Å². The molecule has 0 aromatic heterocycles. The van der Waals surface area contributed by atoms with E-state index in [9.17, 15) is 4.79 Å². The van der Waals surface area contributed by atoms with Gasteiger partial charge in [-0.1, -0.05) is 58.0 Å². The molecule has 0 aliphatic carbocycles. The largest absolute Gasteiger partial charge is 0.496 e. The summed E-state index contributed by atoms with van der Waals surface area (Å²) in [5.74, 6) is 1.12. The molecule has 1 N–H and O–H groups in total. The average molecular weight is 368 g/mol. The van der Waals surface area contributed by atoms with Crippen molar-refractivity contribution in [3.8, 4) is 5.75 Å². The summed E-state index contributed by atoms with van der Waals surface area (Å²) in [7, 11) is 1.67. The molecule has 1 unspecified atom stereocenters. The Morgan fingerprint density at radius 2 is 1.74 bits per heavy atom. The molecule has 0 heterocycles. The van der Waals surface area contributed by atoms with Crippen LogP contribution >= 0.6 is 0 Å². The maximum atomic E-state index is 12.9. The van der Waals surface area contributed by atoms with E-state index in [2.05, 4.69) is 64.2 Å². The normalized spacial score (nSPS) is 12.7. The summed E-state index contributed by atoms with van der Waals surface area (Å²) in [6.45, 7) is 12.7. The second-order valence-electron chi connectivity index (χ2n) is 8.39. The van der Waals surface area contributed by atoms with Gasteiger partial charge in [-0.2, -0.15) is 0 Å². The molecule has 0 fully saturated rings. The van der Waals surface area contributed by atoms with Gasteiger partial charge in [-0.25, -0.2) is 0 Å². The smallest absolute Gasteiger partial charge is 0.251 e. The lowest BCUT2D eigenvalue weighted by atomic mass is 9.79. The summed E-state index contributed by atoms with van der Waals surface area (Å²) in [6.07, 6.45) is 0.870. The van der Waals surface area contributed by atoms with Crippen LogP contribution in [-0.4, -0.2) is 19.1 Å². The Morgan fingerprint density at radius 3 is 2.30 bits per heavy atom. The van der Waals surface area contributed by atoms with E-state index in [0.717, 1.165) is 28.9 Å². The van der Waals surface area contributed by atoms with Crippen LogP contribution in [0.4, 0.5) is 0 Å². The highest BCUT2D eigenvalue weighted by molar-refractivity contribution is 5.96. The predicted molar refractivity (Wildman–Crippen MR) is 113 cm³/mol. The maximum Gasteiger partial charge on any atom is 0.251 e. The Labute approximate surface area is 164 Å². The highest BCUT2D eigenvalue weighted by atomic mass is 16.5. The first-order chi connectivity index (χ1) is 12.7. The van der Waals surface area contributed by atoms with Crippen molar-refractivity contribution in [3.05, 3.63) is 64.7 Å². The minimum atomic E-state index is -0.0200. The van der Waals surface area contributed by atoms with E-state index >= 15 is 0 Å². The molecule has 27 heavy (non-hydrogen) atoms. The number of carbonyl (C=O) groups excluding carboxylic acids is 1. The molecule has 0 saturated carbocycles. The Morgan fingerprint density at radius 1 is 1.11 bits per heavy atom. The van der Waals surface area contributed by atoms with Gasteiger partial charge in [0.15, 0.2) is 0 Å². The molecule has 2 rings (SSSR count). The molecule has 0 aliphatic rings. The van der Waals surface area contributed by atoms with Gasteiger partial charge in [0, 0.05) is 11.6 Å². The van der Waals surface area contributed by atoms with Crippen molar-refractivity contribution < 1.29 is 9.53 Å². The fourth-order valence-electron chi connectivity index (χ4n) is 3.70. The van der Waals surface area contributed by atoms with E-state index in [1.165, 1.54) is 5.56 Å². The SMILES string of the molecule is COc1cc(C)c(C(=O)NC(C)CC(C)(C)c2ccccc2)cc1C(C)C. The van der Waals surface area contributed by atoms with Crippen molar-refractivity contribution in [3.63, 3.8) is 0 Å². The maximum absolute atomic E-state index is 12.9. The van der Waals surface area contributed by atoms with Gasteiger partial charge in [0.2, 0.25) is 0 Å². The van der Waals surface area contributed by atoms with Gasteiger partial charge in [0.25, 0.3) is 5.91 Å². The predicted octanol–water partition coefficient (Wildman–Crippen LogP) is 5.61. The molecule has 1 atom stereocenters. The number of ether oxygens (including phenoxy) is 1. The monoisotopic (exact) mass is 367 g/mol. The van der Waals surface area contributed by atoms with Crippen molar-refractivity contribution in [1.29, 1.82) is 0 Å². The molecular formula is C24H33NO2. The molecule has 2 aromatic rings. The number of hydrogen-bond donors (Lipinski definition) is 1. The van der Waals surface area contributed by atoms with Gasteiger partial charge >= 0.3 is 0 Å². The van der Waals surface area contributed by atoms with E-state index in [-0.39, 0.29) is 17.4 Å². The fraction of sp³-hybridized carbons (Fsp3) is 0.458. The second kappa shape index (κ2) is 8.60. The number of aryl methyl sites for hydroxylation is 1. The van der Waals surface area contributed by atoms with Crippen molar-refractivity contribution >= 4 is 5.91 Å². The summed E-state index contributed by atoms with van der Waals surface area (Å²) in [4.78, 5) is 12.9. The van der Waals surface area contributed by atoms with E-state index in [0.29, 0.717) is 5.92 Å². The molecule has 0 radical (unpaired) electrons. The van der Waals surface area contributed by atoms with Crippen LogP contribution in [0.15, 0.2) is 42.5 Å². The quantitative estimate of drug-likeness (QED) is 0.690. The number of amides is 1. The number of hydrogen-bond acceptors (Lipinski definition) is 2. The first kappa shape index (κ1) is 21.0. The highest BCUT2D eigenvalue weighted by Crippen LogP contribution is 2.31. The number of nitrogens with one attached hydrogen (secondary N) is 1. The van der Waals surface area contributed by atoms with E-state index in [1.807, 2.05) is 25.1 Å². The Kier molecular flexibility index (Phi) is 6.69. The number of carbonyl (C=O) groups is 1. The van der Waals surface area contributed by atoms with Gasteiger partial charge < -0.3 is 10.1 Å². The van der Waals surface area contributed by atoms with E-state index in [1.54, 1.807) is 7.11 Å². The first-order valence-electron chi connectivity index (χ1n) is 9.70. The van der Waals surface area contributed by atoms with Gasteiger partial charge in [0.1, 0.15) is 5.75 Å². The zero-order valence-electron chi connectivity index (χ0n) is 17.7. The van der Waals surface area contributed by atoms with Gasteiger partial charge in [-0.3, -0.25) is 4.79 Å². The van der Waals surface area contributed by atoms with Crippen LogP contribution in [0.5, 0.6) is 5.75 Å². The minimum Gasteiger partial charge on any atom is -0.496 e. The number of rotatable bonds is 7. The molecule has 0 spiro atoms. The van der Waals surface area contributed by atoms with Gasteiger partial charge in [0.05, 0.1) is 7.11 Å². The molecule has 0 aliphatic heterocycles. The lowest BCUT2D eigenvalue weighted by Gasteiger charge is -2.29. The summed E-state index contributed by atoms with van der Waals surface area (Å²) < 4.78 is 5.49. The van der Waals surface area contributed by atoms with Crippen molar-refractivity contribution in [2.24, 2.45) is 0 Å². The molecule has 146 valence electrons. The third kappa shape index (κ3) is 5.12. The van der Waals surface area contributed by atoms with Crippen LogP contribution in [0.2, 0.25) is 0 Å². The van der Waals surface area contributed by atoms with Crippen LogP contribution in [0.1, 0.15) is 74.0 Å². The fourth-order valence-corrected chi connectivity index (χ4v) is 3.70. The molecule has 3 heteroatoms. The van der Waals surface area contributed by atoms with E-state index < -0.39 is 0 Å². The average Bonchev–Trinajstić information content (AvgIpc) is 2.61. The first-order valence-corrected chi connectivity index (χ1v) is 9.70. The zero-order valence-corrected chi connectivity index (χ0v) is 17.7. The number of methoxy groups -OCH3 is 1. The van der Waals surface area contributed by atoms with Crippen LogP contribution in [-0.2, 0) is 5.41 Å². The Balaban J connectivity index is 2.16. The highest BCUT2D eigenvalue weighted by Gasteiger charge is 2.25. The number of benzene rings is 2. The Bertz CT molecular complexity index is 778. The summed E-state index contributed by atoms with van der Waals surface area (Å²) >= 11 is 0. The molecule has 3 nitrogen and oxygen atoms in total. The second-order valence-corrected chi connectivity index (χ2v) is 8.39. The minimum absolute atomic E-state index is 0.00793. The van der Waals surface area contributed by atoms with E-state index in [4.69, 9.17) is 4.74 Å². The zero-order chi connectivity index (χ0) is 20.2. The standard InChI is InChI=1S/C24H33NO2/c1-16(2)20-14-21(17(3)13-22(20)27-7)23(26)25-18(4)15-24(5,6)19-11-9-8-10-12-19/h8-14,16,18H,15H2,1-7H3,(H,25,26). The third-order valence-electron chi connectivity index (χ3n) is 5.19. The van der Waals surface area contributed by atoms with Crippen LogP contribution in [0.3, 0.4) is 0 Å². The van der Waals surface area contributed by atoms with Crippen LogP contribution < -0.4 is 10.1 Å². The molecule has 0 bridgehead atoms. The Hall–Kier alpha value is -2.29. The summed E-state index contributed by atoms with van der Waals surface area (Å²) in [5, 5.41) is 3.19. The van der Waals surface area contributed by atoms with Crippen molar-refractivity contribution in [2.45, 2.75) is 65.3 Å². The lowest BCUT2D eigenvalue weighted by Crippen LogP contribution is -2.37. The summed E-state index contributed by atoms with van der Waals surface area (Å²) in [6, 6.07) is 14.5. The molecule has 2 aromatic carbocycles. The van der Waals surface area contributed by atoms with Crippen molar-refractivity contribution in [2.75, 3.05) is 7.11 Å². The van der Waals surface area contributed by atoms with Crippen LogP contribution in [0.25, 0.3) is 0 Å². The molecule has 0 saturated heterocycles. The van der Waals surface area contributed by atoms with Crippen molar-refractivity contribution in [1.82, 2.24) is 5.32 Å². The summed E-state index contributed by atoms with van der Waals surface area (Å²) in [5.41, 5.74) is 4.00. The van der Waals surface area contributed by atoms with Gasteiger partial charge in [-0.15, -0.1) is 0 Å². The molecule has 1 amide bonds. The van der Waals surface area contributed by atoms with Gasteiger partial charge in [-0.05, 0) is 60.4 Å². The molecular weight excluding hydrogens is 334 g/mol. The third-order valence-corrected chi connectivity index (χ3v) is 5.19.